The van der Waals surface area contributed by atoms with Gasteiger partial charge in [-0.25, -0.2) is 14.4 Å². The first-order valence-electron chi connectivity index (χ1n) is 9.05. The molecule has 2 N–H and O–H groups in total. The lowest BCUT2D eigenvalue weighted by atomic mass is 10.0. The molecule has 0 bridgehead atoms. The van der Waals surface area contributed by atoms with Crippen LogP contribution in [0.2, 0.25) is 0 Å². The van der Waals surface area contributed by atoms with Gasteiger partial charge in [0.25, 0.3) is 5.91 Å². The Kier molecular flexibility index (Phi) is 5.68. The number of rotatable bonds is 5. The number of amides is 1. The molecule has 2 aromatic carbocycles. The van der Waals surface area contributed by atoms with Crippen LogP contribution in [0.4, 0.5) is 15.9 Å². The van der Waals surface area contributed by atoms with Crippen LogP contribution < -0.4 is 10.6 Å². The summed E-state index contributed by atoms with van der Waals surface area (Å²) in [5, 5.41) is 6.11. The van der Waals surface area contributed by atoms with Gasteiger partial charge in [0.2, 0.25) is 0 Å². The van der Waals surface area contributed by atoms with Crippen LogP contribution >= 0.6 is 0 Å². The van der Waals surface area contributed by atoms with Gasteiger partial charge in [0.1, 0.15) is 23.2 Å². The number of hydrogen-bond acceptors (Lipinski definition) is 4. The highest BCUT2D eigenvalue weighted by atomic mass is 19.1. The number of anilines is 2. The van der Waals surface area contributed by atoms with E-state index in [1.54, 1.807) is 25.1 Å². The van der Waals surface area contributed by atoms with E-state index in [1.807, 2.05) is 32.9 Å². The molecule has 0 atom stereocenters. The second-order valence-corrected chi connectivity index (χ2v) is 6.89. The first-order chi connectivity index (χ1) is 13.3. The Hall–Kier alpha value is -3.28. The summed E-state index contributed by atoms with van der Waals surface area (Å²) >= 11 is 0. The van der Waals surface area contributed by atoms with Gasteiger partial charge in [0, 0.05) is 18.3 Å². The number of benzene rings is 2. The zero-order valence-corrected chi connectivity index (χ0v) is 16.4. The number of hydrogen-bond donors (Lipinski definition) is 2. The summed E-state index contributed by atoms with van der Waals surface area (Å²) in [5.41, 5.74) is 5.16. The SMILES string of the molecule is Cc1cc(C)c(NC(=O)c2cc(NCc3ccc(F)cc3)nc(C)n2)c(C)c1. The van der Waals surface area contributed by atoms with Crippen molar-refractivity contribution in [1.82, 2.24) is 9.97 Å². The van der Waals surface area contributed by atoms with Crippen LogP contribution in [0.3, 0.4) is 0 Å². The van der Waals surface area contributed by atoms with Gasteiger partial charge >= 0.3 is 0 Å². The standard InChI is InChI=1S/C22H23FN4O/c1-13-9-14(2)21(15(3)10-13)27-22(28)19-11-20(26-16(4)25-19)24-12-17-5-7-18(23)8-6-17/h5-11H,12H2,1-4H3,(H,27,28)(H,24,25,26). The van der Waals surface area contributed by atoms with Gasteiger partial charge in [-0.3, -0.25) is 4.79 Å². The second-order valence-electron chi connectivity index (χ2n) is 6.89. The Bertz CT molecular complexity index is 993. The van der Waals surface area contributed by atoms with Crippen molar-refractivity contribution in [1.29, 1.82) is 0 Å². The summed E-state index contributed by atoms with van der Waals surface area (Å²) in [7, 11) is 0. The smallest absolute Gasteiger partial charge is 0.274 e. The minimum absolute atomic E-state index is 0.276. The summed E-state index contributed by atoms with van der Waals surface area (Å²) < 4.78 is 13.0. The Morgan fingerprint density at radius 2 is 1.61 bits per heavy atom. The summed E-state index contributed by atoms with van der Waals surface area (Å²) in [6.07, 6.45) is 0. The van der Waals surface area contributed by atoms with Gasteiger partial charge in [0.05, 0.1) is 0 Å². The number of halogens is 1. The molecule has 0 unspecified atom stereocenters. The van der Waals surface area contributed by atoms with E-state index in [-0.39, 0.29) is 17.4 Å². The predicted octanol–water partition coefficient (Wildman–Crippen LogP) is 4.71. The number of nitrogens with zero attached hydrogens (tertiary/aromatic N) is 2. The molecule has 28 heavy (non-hydrogen) atoms. The fourth-order valence-corrected chi connectivity index (χ4v) is 3.12. The second kappa shape index (κ2) is 8.17. The molecule has 144 valence electrons. The number of aryl methyl sites for hydroxylation is 4. The minimum Gasteiger partial charge on any atom is -0.366 e. The summed E-state index contributed by atoms with van der Waals surface area (Å²) in [4.78, 5) is 21.3. The van der Waals surface area contributed by atoms with E-state index in [2.05, 4.69) is 20.6 Å². The van der Waals surface area contributed by atoms with Gasteiger partial charge in [0.15, 0.2) is 0 Å². The third-order valence-corrected chi connectivity index (χ3v) is 4.37. The third-order valence-electron chi connectivity index (χ3n) is 4.37. The van der Waals surface area contributed by atoms with Gasteiger partial charge in [-0.2, -0.15) is 0 Å². The fraction of sp³-hybridized carbons (Fsp3) is 0.227. The minimum atomic E-state index is -0.287. The first-order valence-corrected chi connectivity index (χ1v) is 9.05. The van der Waals surface area contributed by atoms with Gasteiger partial charge in [-0.05, 0) is 56.5 Å². The lowest BCUT2D eigenvalue weighted by Gasteiger charge is -2.13. The molecule has 5 nitrogen and oxygen atoms in total. The molecule has 0 fully saturated rings. The summed E-state index contributed by atoms with van der Waals surface area (Å²) in [6, 6.07) is 11.9. The molecular weight excluding hydrogens is 355 g/mol. The number of carbonyl (C=O) groups is 1. The van der Waals surface area contributed by atoms with Crippen molar-refractivity contribution in [3.05, 3.63) is 82.1 Å². The van der Waals surface area contributed by atoms with Crippen molar-refractivity contribution >= 4 is 17.4 Å². The van der Waals surface area contributed by atoms with Crippen molar-refractivity contribution < 1.29 is 9.18 Å². The molecule has 0 saturated carbocycles. The van der Waals surface area contributed by atoms with Crippen LogP contribution in [0, 0.1) is 33.5 Å². The van der Waals surface area contributed by atoms with Crippen LogP contribution in [0.5, 0.6) is 0 Å². The number of aromatic nitrogens is 2. The highest BCUT2D eigenvalue weighted by Crippen LogP contribution is 2.22. The van der Waals surface area contributed by atoms with Crippen molar-refractivity contribution in [2.24, 2.45) is 0 Å². The molecule has 0 saturated heterocycles. The molecule has 0 spiro atoms. The summed E-state index contributed by atoms with van der Waals surface area (Å²) in [5.74, 6) is 0.471. The van der Waals surface area contributed by atoms with Gasteiger partial charge in [-0.1, -0.05) is 29.8 Å². The molecule has 6 heteroatoms. The first kappa shape index (κ1) is 19.5. The van der Waals surface area contributed by atoms with E-state index in [4.69, 9.17) is 0 Å². The molecule has 3 rings (SSSR count). The average molecular weight is 378 g/mol. The van der Waals surface area contributed by atoms with E-state index < -0.39 is 0 Å². The Labute approximate surface area is 164 Å². The number of nitrogens with one attached hydrogen (secondary N) is 2. The topological polar surface area (TPSA) is 66.9 Å². The largest absolute Gasteiger partial charge is 0.366 e. The van der Waals surface area contributed by atoms with Crippen LogP contribution in [-0.4, -0.2) is 15.9 Å². The molecule has 0 aliphatic heterocycles. The lowest BCUT2D eigenvalue weighted by molar-refractivity contribution is 0.102. The maximum absolute atomic E-state index is 13.0. The molecule has 3 aromatic rings. The third kappa shape index (κ3) is 4.71. The zero-order chi connectivity index (χ0) is 20.3. The molecule has 0 radical (unpaired) electrons. The molecule has 0 aliphatic carbocycles. The lowest BCUT2D eigenvalue weighted by Crippen LogP contribution is -2.17. The van der Waals surface area contributed by atoms with E-state index in [9.17, 15) is 9.18 Å². The Balaban J connectivity index is 1.77. The van der Waals surface area contributed by atoms with Crippen molar-refractivity contribution in [2.45, 2.75) is 34.2 Å². The molecular formula is C22H23FN4O. The quantitative estimate of drug-likeness (QED) is 0.674. The van der Waals surface area contributed by atoms with E-state index in [0.717, 1.165) is 27.9 Å². The maximum atomic E-state index is 13.0. The Morgan fingerprint density at radius 3 is 2.25 bits per heavy atom. The normalized spacial score (nSPS) is 10.6. The number of carbonyl (C=O) groups excluding carboxylic acids is 1. The Morgan fingerprint density at radius 1 is 0.964 bits per heavy atom. The van der Waals surface area contributed by atoms with Crippen molar-refractivity contribution in [3.63, 3.8) is 0 Å². The van der Waals surface area contributed by atoms with Crippen molar-refractivity contribution in [3.8, 4) is 0 Å². The van der Waals surface area contributed by atoms with Crippen LogP contribution in [0.25, 0.3) is 0 Å². The summed E-state index contributed by atoms with van der Waals surface area (Å²) in [6.45, 7) is 8.17. The maximum Gasteiger partial charge on any atom is 0.274 e. The molecule has 1 heterocycles. The monoisotopic (exact) mass is 378 g/mol. The van der Waals surface area contributed by atoms with Crippen LogP contribution in [-0.2, 0) is 6.54 Å². The fourth-order valence-electron chi connectivity index (χ4n) is 3.12. The van der Waals surface area contributed by atoms with E-state index in [1.165, 1.54) is 12.1 Å². The van der Waals surface area contributed by atoms with Crippen LogP contribution in [0.15, 0.2) is 42.5 Å². The van der Waals surface area contributed by atoms with E-state index >= 15 is 0 Å². The highest BCUT2D eigenvalue weighted by molar-refractivity contribution is 6.04. The molecule has 1 aromatic heterocycles. The van der Waals surface area contributed by atoms with Crippen molar-refractivity contribution in [2.75, 3.05) is 10.6 Å². The van der Waals surface area contributed by atoms with Crippen LogP contribution in [0.1, 0.15) is 38.6 Å². The van der Waals surface area contributed by atoms with E-state index in [0.29, 0.717) is 18.2 Å². The predicted molar refractivity (Wildman–Crippen MR) is 109 cm³/mol. The van der Waals surface area contributed by atoms with Gasteiger partial charge < -0.3 is 10.6 Å². The zero-order valence-electron chi connectivity index (χ0n) is 16.4. The highest BCUT2D eigenvalue weighted by Gasteiger charge is 2.14. The molecule has 0 aliphatic rings. The van der Waals surface area contributed by atoms with Gasteiger partial charge in [-0.15, -0.1) is 0 Å². The molecule has 1 amide bonds. The average Bonchev–Trinajstić information content (AvgIpc) is 2.63.